The SMILES string of the molecule is CC[C@@]1(O)C(=O)OCc2c1ccn(CC1=C(I)C(=C=O)c3cc(F)cc4c3N1CC4)c2=O. The first kappa shape index (κ1) is 21.1. The number of rotatable bonds is 3. The summed E-state index contributed by atoms with van der Waals surface area (Å²) in [4.78, 5) is 39.1. The molecule has 4 heterocycles. The summed E-state index contributed by atoms with van der Waals surface area (Å²) in [6.45, 7) is 2.20. The van der Waals surface area contributed by atoms with Gasteiger partial charge in [-0.25, -0.2) is 14.0 Å². The quantitative estimate of drug-likeness (QED) is 0.361. The Balaban J connectivity index is 1.61. The normalized spacial score (nSPS) is 21.3. The van der Waals surface area contributed by atoms with Gasteiger partial charge in [-0.15, -0.1) is 0 Å². The standard InChI is InChI=1S/C23H18FIN2O5/c1-2-23(31)17-4-5-26(21(29)16(17)11-32-22(23)30)9-18-19(25)15(10-28)14-8-13(24)7-12-3-6-27(18)20(12)14/h4-5,7-8,31H,2-3,6,9,11H2,1H3/t23-/m0/s1. The third kappa shape index (κ3) is 2.84. The Kier molecular flexibility index (Phi) is 4.88. The predicted molar refractivity (Wildman–Crippen MR) is 122 cm³/mol. The number of anilines is 1. The van der Waals surface area contributed by atoms with E-state index in [0.29, 0.717) is 22.1 Å². The zero-order chi connectivity index (χ0) is 22.8. The van der Waals surface area contributed by atoms with E-state index >= 15 is 0 Å². The van der Waals surface area contributed by atoms with Crippen molar-refractivity contribution in [2.45, 2.75) is 38.5 Å². The van der Waals surface area contributed by atoms with Crippen molar-refractivity contribution in [1.82, 2.24) is 4.57 Å². The number of fused-ring (bicyclic) bond motifs is 1. The molecule has 7 nitrogen and oxygen atoms in total. The molecule has 0 spiro atoms. The van der Waals surface area contributed by atoms with Crippen molar-refractivity contribution >= 4 is 45.8 Å². The summed E-state index contributed by atoms with van der Waals surface area (Å²) in [7, 11) is 0. The second-order valence-electron chi connectivity index (χ2n) is 8.03. The fourth-order valence-electron chi connectivity index (χ4n) is 4.74. The molecule has 0 saturated heterocycles. The highest BCUT2D eigenvalue weighted by Gasteiger charge is 2.44. The summed E-state index contributed by atoms with van der Waals surface area (Å²) in [6, 6.07) is 4.39. The molecule has 0 fully saturated rings. The summed E-state index contributed by atoms with van der Waals surface area (Å²) < 4.78 is 21.2. The van der Waals surface area contributed by atoms with Gasteiger partial charge in [-0.2, -0.15) is 0 Å². The number of pyridine rings is 1. The zero-order valence-corrected chi connectivity index (χ0v) is 19.2. The van der Waals surface area contributed by atoms with Gasteiger partial charge in [-0.05, 0) is 59.2 Å². The second kappa shape index (κ2) is 7.40. The molecule has 0 amide bonds. The molecule has 2 aromatic rings. The molecule has 1 N–H and O–H groups in total. The number of hydrogen-bond acceptors (Lipinski definition) is 6. The molecule has 32 heavy (non-hydrogen) atoms. The highest BCUT2D eigenvalue weighted by atomic mass is 127. The van der Waals surface area contributed by atoms with E-state index in [1.165, 1.54) is 16.7 Å². The van der Waals surface area contributed by atoms with Gasteiger partial charge in [0.2, 0.25) is 0 Å². The molecule has 1 aromatic carbocycles. The van der Waals surface area contributed by atoms with Gasteiger partial charge < -0.3 is 19.3 Å². The number of carbonyl (C=O) groups excluding carboxylic acids is 2. The van der Waals surface area contributed by atoms with Crippen molar-refractivity contribution in [3.8, 4) is 0 Å². The third-order valence-electron chi connectivity index (χ3n) is 6.43. The van der Waals surface area contributed by atoms with Crippen molar-refractivity contribution in [2.75, 3.05) is 11.4 Å². The lowest BCUT2D eigenvalue weighted by molar-refractivity contribution is -0.172. The lowest BCUT2D eigenvalue weighted by Crippen LogP contribution is -2.44. The minimum atomic E-state index is -1.84. The van der Waals surface area contributed by atoms with Gasteiger partial charge in [0.05, 0.1) is 32.6 Å². The number of ether oxygens (including phenoxy) is 1. The summed E-state index contributed by atoms with van der Waals surface area (Å²) in [5, 5.41) is 10.7. The van der Waals surface area contributed by atoms with Gasteiger partial charge in [0.1, 0.15) is 18.4 Å². The summed E-state index contributed by atoms with van der Waals surface area (Å²) in [5.74, 6) is 0.787. The first-order valence-electron chi connectivity index (χ1n) is 10.2. The molecule has 3 aliphatic rings. The predicted octanol–water partition coefficient (Wildman–Crippen LogP) is 2.58. The summed E-state index contributed by atoms with van der Waals surface area (Å²) in [6.07, 6.45) is 2.25. The van der Waals surface area contributed by atoms with Crippen LogP contribution in [0.2, 0.25) is 0 Å². The summed E-state index contributed by atoms with van der Waals surface area (Å²) in [5.41, 5.74) is 1.40. The molecular weight excluding hydrogens is 530 g/mol. The van der Waals surface area contributed by atoms with Gasteiger partial charge in [0, 0.05) is 23.9 Å². The van der Waals surface area contributed by atoms with Crippen LogP contribution >= 0.6 is 22.6 Å². The van der Waals surface area contributed by atoms with E-state index in [-0.39, 0.29) is 41.8 Å². The maximum atomic E-state index is 14.1. The van der Waals surface area contributed by atoms with E-state index < -0.39 is 17.4 Å². The van der Waals surface area contributed by atoms with Gasteiger partial charge in [-0.1, -0.05) is 6.92 Å². The van der Waals surface area contributed by atoms with Crippen LogP contribution in [0.15, 0.2) is 38.5 Å². The highest BCUT2D eigenvalue weighted by Crippen LogP contribution is 2.47. The number of aliphatic hydroxyl groups is 1. The van der Waals surface area contributed by atoms with Crippen molar-refractivity contribution in [3.63, 3.8) is 0 Å². The topological polar surface area (TPSA) is 88.8 Å². The van der Waals surface area contributed by atoms with E-state index in [1.54, 1.807) is 19.2 Å². The molecule has 1 atom stereocenters. The van der Waals surface area contributed by atoms with Gasteiger partial charge in [0.25, 0.3) is 5.56 Å². The molecular formula is C23H18FIN2O5. The van der Waals surface area contributed by atoms with Crippen LogP contribution in [0.5, 0.6) is 0 Å². The molecule has 0 aliphatic carbocycles. The van der Waals surface area contributed by atoms with Crippen LogP contribution in [-0.2, 0) is 39.5 Å². The number of aromatic nitrogens is 1. The lowest BCUT2D eigenvalue weighted by atomic mass is 9.87. The summed E-state index contributed by atoms with van der Waals surface area (Å²) >= 11 is 2.04. The van der Waals surface area contributed by atoms with Crippen LogP contribution in [0.3, 0.4) is 0 Å². The molecule has 5 rings (SSSR count). The number of esters is 1. The molecule has 0 unspecified atom stereocenters. The van der Waals surface area contributed by atoms with E-state index in [0.717, 1.165) is 16.9 Å². The van der Waals surface area contributed by atoms with Crippen LogP contribution in [0.25, 0.3) is 5.57 Å². The van der Waals surface area contributed by atoms with Crippen LogP contribution in [0.1, 0.15) is 35.6 Å². The Bertz CT molecular complexity index is 1340. The molecule has 3 aliphatic heterocycles. The number of carbonyl (C=O) groups is 1. The smallest absolute Gasteiger partial charge is 0.343 e. The van der Waals surface area contributed by atoms with Crippen molar-refractivity contribution in [1.29, 1.82) is 0 Å². The molecule has 0 saturated carbocycles. The Morgan fingerprint density at radius 1 is 1.34 bits per heavy atom. The molecule has 164 valence electrons. The number of allylic oxidation sites excluding steroid dienone is 3. The first-order valence-corrected chi connectivity index (χ1v) is 11.2. The largest absolute Gasteiger partial charge is 0.458 e. The minimum Gasteiger partial charge on any atom is -0.458 e. The number of halogens is 2. The maximum absolute atomic E-state index is 14.1. The Morgan fingerprint density at radius 3 is 2.84 bits per heavy atom. The lowest BCUT2D eigenvalue weighted by Gasteiger charge is -2.33. The van der Waals surface area contributed by atoms with E-state index in [1.807, 2.05) is 33.4 Å². The molecule has 0 bridgehead atoms. The average Bonchev–Trinajstić information content (AvgIpc) is 3.19. The number of nitrogens with zero attached hydrogens (tertiary/aromatic N) is 2. The fourth-order valence-corrected chi connectivity index (χ4v) is 5.60. The average molecular weight is 548 g/mol. The van der Waals surface area contributed by atoms with Crippen LogP contribution < -0.4 is 10.5 Å². The maximum Gasteiger partial charge on any atom is 0.343 e. The monoisotopic (exact) mass is 548 g/mol. The van der Waals surface area contributed by atoms with Crippen molar-refractivity contribution in [2.24, 2.45) is 0 Å². The fraction of sp³-hybridized carbons (Fsp3) is 0.304. The van der Waals surface area contributed by atoms with Crippen LogP contribution in [0.4, 0.5) is 10.1 Å². The number of cyclic esters (lactones) is 1. The van der Waals surface area contributed by atoms with Gasteiger partial charge in [-0.3, -0.25) is 4.79 Å². The van der Waals surface area contributed by atoms with E-state index in [9.17, 15) is 23.9 Å². The van der Waals surface area contributed by atoms with Gasteiger partial charge >= 0.3 is 5.97 Å². The highest BCUT2D eigenvalue weighted by molar-refractivity contribution is 14.1. The van der Waals surface area contributed by atoms with Crippen LogP contribution in [-0.4, -0.2) is 28.1 Å². The minimum absolute atomic E-state index is 0.0860. The first-order chi connectivity index (χ1) is 15.3. The third-order valence-corrected chi connectivity index (χ3v) is 7.59. The second-order valence-corrected chi connectivity index (χ2v) is 9.11. The zero-order valence-electron chi connectivity index (χ0n) is 17.1. The van der Waals surface area contributed by atoms with Crippen molar-refractivity contribution < 1.29 is 23.8 Å². The van der Waals surface area contributed by atoms with E-state index in [2.05, 4.69) is 0 Å². The number of hydrogen-bond donors (Lipinski definition) is 1. The Morgan fingerprint density at radius 2 is 2.12 bits per heavy atom. The van der Waals surface area contributed by atoms with Crippen LogP contribution in [0, 0.1) is 5.82 Å². The molecule has 9 heteroatoms. The Labute approximate surface area is 195 Å². The van der Waals surface area contributed by atoms with Gasteiger partial charge in [0.15, 0.2) is 5.60 Å². The molecule has 1 aromatic heterocycles. The van der Waals surface area contributed by atoms with Crippen molar-refractivity contribution in [3.05, 3.63) is 72.1 Å². The van der Waals surface area contributed by atoms with E-state index in [4.69, 9.17) is 4.74 Å². The Hall–Kier alpha value is -2.75. The molecule has 0 radical (unpaired) electrons. The number of benzene rings is 1.